The molecule has 172 valence electrons. The molecule has 2 aromatic carbocycles. The van der Waals surface area contributed by atoms with Gasteiger partial charge in [0, 0.05) is 5.56 Å². The zero-order valence-corrected chi connectivity index (χ0v) is 19.8. The van der Waals surface area contributed by atoms with Crippen molar-refractivity contribution in [2.45, 2.75) is 72.1 Å². The molecular weight excluding hydrogens is 402 g/mol. The van der Waals surface area contributed by atoms with Crippen molar-refractivity contribution in [2.24, 2.45) is 11.8 Å². The Bertz CT molecular complexity index is 1050. The maximum atomic E-state index is 12.0. The first-order valence-corrected chi connectivity index (χ1v) is 11.5. The highest BCUT2D eigenvalue weighted by molar-refractivity contribution is 5.74. The molecule has 3 rings (SSSR count). The van der Waals surface area contributed by atoms with Gasteiger partial charge in [-0.2, -0.15) is 0 Å². The van der Waals surface area contributed by atoms with Gasteiger partial charge in [-0.25, -0.2) is 0 Å². The number of carbonyl (C=O) groups is 1. The topological polar surface area (TPSA) is 88.2 Å². The van der Waals surface area contributed by atoms with Crippen molar-refractivity contribution in [3.05, 3.63) is 47.5 Å². The molecule has 2 N–H and O–H groups in total. The van der Waals surface area contributed by atoms with Crippen molar-refractivity contribution in [1.29, 1.82) is 0 Å². The third-order valence-electron chi connectivity index (χ3n) is 6.24. The van der Waals surface area contributed by atoms with Crippen molar-refractivity contribution in [3.8, 4) is 11.4 Å². The Hall–Kier alpha value is -2.89. The summed E-state index contributed by atoms with van der Waals surface area (Å²) in [5.41, 5.74) is 3.27. The lowest BCUT2D eigenvalue weighted by Gasteiger charge is -2.24. The fraction of sp³-hybridized carbons (Fsp3) is 0.500. The summed E-state index contributed by atoms with van der Waals surface area (Å²) in [6.45, 7) is 10.5. The molecule has 6 nitrogen and oxygen atoms in total. The summed E-state index contributed by atoms with van der Waals surface area (Å²) in [6.07, 6.45) is 4.10. The molecule has 6 heteroatoms. The van der Waals surface area contributed by atoms with E-state index >= 15 is 0 Å². The van der Waals surface area contributed by atoms with Crippen LogP contribution in [0.3, 0.4) is 0 Å². The number of carboxylic acids is 1. The number of fused-ring (bicyclic) bond motifs is 1. The van der Waals surface area contributed by atoms with Crippen molar-refractivity contribution in [2.75, 3.05) is 0 Å². The molecule has 0 aliphatic heterocycles. The van der Waals surface area contributed by atoms with E-state index in [-0.39, 0.29) is 11.2 Å². The summed E-state index contributed by atoms with van der Waals surface area (Å²) in [6, 6.07) is 11.3. The second kappa shape index (κ2) is 9.72. The van der Waals surface area contributed by atoms with Crippen LogP contribution in [0.4, 0.5) is 0 Å². The Morgan fingerprint density at radius 1 is 1.09 bits per heavy atom. The molecule has 0 radical (unpaired) electrons. The van der Waals surface area contributed by atoms with Gasteiger partial charge >= 0.3 is 5.97 Å². The van der Waals surface area contributed by atoms with E-state index < -0.39 is 11.9 Å². The maximum Gasteiger partial charge on any atom is 0.306 e. The minimum atomic E-state index is -0.774. The van der Waals surface area contributed by atoms with Crippen LogP contribution in [0.15, 0.2) is 36.4 Å². The molecule has 0 saturated carbocycles. The molecule has 1 aromatic heterocycles. The fourth-order valence-corrected chi connectivity index (χ4v) is 4.00. The zero-order chi connectivity index (χ0) is 23.5. The Morgan fingerprint density at radius 2 is 1.72 bits per heavy atom. The number of nitrogens with zero attached hydrogens (tertiary/aromatic N) is 3. The number of hydrogen-bond acceptors (Lipinski definition) is 4. The Labute approximate surface area is 190 Å². The second-order valence-electron chi connectivity index (χ2n) is 9.92. The van der Waals surface area contributed by atoms with Gasteiger partial charge in [-0.05, 0) is 47.9 Å². The molecule has 0 saturated heterocycles. The lowest BCUT2D eigenvalue weighted by molar-refractivity contribution is -0.142. The number of carboxylic acid groups (broad SMARTS) is 1. The average molecular weight is 438 g/mol. The van der Waals surface area contributed by atoms with Crippen molar-refractivity contribution in [3.63, 3.8) is 0 Å². The van der Waals surface area contributed by atoms with Gasteiger partial charge in [0.05, 0.1) is 5.92 Å². The molecule has 1 heterocycles. The summed E-state index contributed by atoms with van der Waals surface area (Å²) >= 11 is 0. The van der Waals surface area contributed by atoms with Crippen LogP contribution in [-0.4, -0.2) is 31.2 Å². The van der Waals surface area contributed by atoms with Crippen LogP contribution in [0.25, 0.3) is 16.7 Å². The largest absolute Gasteiger partial charge is 0.505 e. The first-order chi connectivity index (χ1) is 15.1. The summed E-state index contributed by atoms with van der Waals surface area (Å²) in [5.74, 6) is -0.500. The maximum absolute atomic E-state index is 12.0. The van der Waals surface area contributed by atoms with Crippen molar-refractivity contribution < 1.29 is 15.0 Å². The summed E-state index contributed by atoms with van der Waals surface area (Å²) in [4.78, 5) is 13.4. The van der Waals surface area contributed by atoms with Crippen molar-refractivity contribution in [1.82, 2.24) is 15.0 Å². The lowest BCUT2D eigenvalue weighted by atomic mass is 9.83. The third-order valence-corrected chi connectivity index (χ3v) is 6.24. The predicted molar refractivity (Wildman–Crippen MR) is 127 cm³/mol. The first kappa shape index (κ1) is 23.8. The van der Waals surface area contributed by atoms with Crippen LogP contribution in [0.5, 0.6) is 5.75 Å². The van der Waals surface area contributed by atoms with Crippen molar-refractivity contribution >= 4 is 17.0 Å². The van der Waals surface area contributed by atoms with Gasteiger partial charge in [0.25, 0.3) is 0 Å². The predicted octanol–water partition coefficient (Wildman–Crippen LogP) is 5.88. The fourth-order valence-electron chi connectivity index (χ4n) is 4.00. The quantitative estimate of drug-likeness (QED) is 0.436. The van der Waals surface area contributed by atoms with Gasteiger partial charge in [0.1, 0.15) is 22.5 Å². The number of rotatable bonds is 9. The minimum Gasteiger partial charge on any atom is -0.505 e. The molecule has 0 aliphatic rings. The normalized spacial score (nSPS) is 13.9. The van der Waals surface area contributed by atoms with E-state index in [0.29, 0.717) is 24.4 Å². The van der Waals surface area contributed by atoms with E-state index in [1.54, 1.807) is 0 Å². The van der Waals surface area contributed by atoms with Gasteiger partial charge in [-0.15, -0.1) is 15.0 Å². The number of aromatic nitrogens is 3. The van der Waals surface area contributed by atoms with Gasteiger partial charge in [-0.3, -0.25) is 4.79 Å². The van der Waals surface area contributed by atoms with Gasteiger partial charge < -0.3 is 10.2 Å². The highest BCUT2D eigenvalue weighted by Crippen LogP contribution is 2.37. The van der Waals surface area contributed by atoms with Crippen LogP contribution in [-0.2, 0) is 16.6 Å². The first-order valence-electron chi connectivity index (χ1n) is 11.5. The average Bonchev–Trinajstić information content (AvgIpc) is 3.16. The number of benzene rings is 2. The Kier molecular flexibility index (Phi) is 7.22. The lowest BCUT2D eigenvalue weighted by Crippen LogP contribution is -2.19. The zero-order valence-electron chi connectivity index (χ0n) is 19.8. The standard InChI is InChI=1S/C26H35N3O3/c1-6-17(2)10-9-11-19(25(31)32)14-18-15-20(26(3,4)5)24(30)23(16-18)29-27-21-12-7-8-13-22(21)28-29/h7-8,12-13,15-17,19,30H,6,9-11,14H2,1-5H3,(H,31,32). The number of aromatic hydroxyl groups is 1. The molecule has 0 aliphatic carbocycles. The summed E-state index contributed by atoms with van der Waals surface area (Å²) in [7, 11) is 0. The molecule has 3 aromatic rings. The molecule has 0 spiro atoms. The minimum absolute atomic E-state index is 0.130. The molecular formula is C26H35N3O3. The van der Waals surface area contributed by atoms with E-state index in [9.17, 15) is 15.0 Å². The smallest absolute Gasteiger partial charge is 0.306 e. The Balaban J connectivity index is 1.98. The van der Waals surface area contributed by atoms with Gasteiger partial charge in [0.15, 0.2) is 0 Å². The van der Waals surface area contributed by atoms with Crippen LogP contribution in [0.1, 0.15) is 71.4 Å². The highest BCUT2D eigenvalue weighted by atomic mass is 16.4. The molecule has 0 fully saturated rings. The van der Waals surface area contributed by atoms with Crippen LogP contribution >= 0.6 is 0 Å². The molecule has 0 bridgehead atoms. The van der Waals surface area contributed by atoms with Crippen LogP contribution < -0.4 is 0 Å². The van der Waals surface area contributed by atoms with Gasteiger partial charge in [-0.1, -0.05) is 72.1 Å². The highest BCUT2D eigenvalue weighted by Gasteiger charge is 2.25. The van der Waals surface area contributed by atoms with Crippen LogP contribution in [0, 0.1) is 11.8 Å². The summed E-state index contributed by atoms with van der Waals surface area (Å²) < 4.78 is 0. The van der Waals surface area contributed by atoms with Crippen LogP contribution in [0.2, 0.25) is 0 Å². The summed E-state index contributed by atoms with van der Waals surface area (Å²) in [5, 5.41) is 30.0. The van der Waals surface area contributed by atoms with E-state index in [4.69, 9.17) is 0 Å². The second-order valence-corrected chi connectivity index (χ2v) is 9.92. The number of phenols is 1. The molecule has 2 unspecified atom stereocenters. The number of aliphatic carboxylic acids is 1. The van der Waals surface area contributed by atoms with Gasteiger partial charge in [0.2, 0.25) is 0 Å². The Morgan fingerprint density at radius 3 is 2.25 bits per heavy atom. The van der Waals surface area contributed by atoms with E-state index in [1.165, 1.54) is 4.80 Å². The molecule has 2 atom stereocenters. The SMILES string of the molecule is CCC(C)CCCC(Cc1cc(-n2nc3ccccc3n2)c(O)c(C(C)(C)C)c1)C(=O)O. The monoisotopic (exact) mass is 437 g/mol. The van der Waals surface area contributed by atoms with E-state index in [2.05, 4.69) is 24.0 Å². The van der Waals surface area contributed by atoms with E-state index in [0.717, 1.165) is 41.4 Å². The number of hydrogen-bond donors (Lipinski definition) is 2. The number of phenolic OH excluding ortho intramolecular Hbond substituents is 1. The molecule has 32 heavy (non-hydrogen) atoms. The third kappa shape index (κ3) is 5.47. The molecule has 0 amide bonds. The van der Waals surface area contributed by atoms with E-state index in [1.807, 2.05) is 57.2 Å².